The Hall–Kier alpha value is -2.42. The quantitative estimate of drug-likeness (QED) is 0.665. The van der Waals surface area contributed by atoms with Gasteiger partial charge in [0.25, 0.3) is 0 Å². The molecule has 26 heavy (non-hydrogen) atoms. The Kier molecular flexibility index (Phi) is 5.26. The molecule has 1 amide bonds. The van der Waals surface area contributed by atoms with Gasteiger partial charge in [-0.05, 0) is 43.6 Å². The molecular weight excluding hydrogens is 398 g/mol. The summed E-state index contributed by atoms with van der Waals surface area (Å²) >= 11 is 3.49. The minimum atomic E-state index is -0.425. The number of carbonyl (C=O) groups excluding carboxylic acids is 1. The average molecular weight is 420 g/mol. The van der Waals surface area contributed by atoms with E-state index in [0.29, 0.717) is 12.2 Å². The monoisotopic (exact) mass is 419 g/mol. The molecule has 1 N–H and O–H groups in total. The molecule has 0 fully saturated rings. The van der Waals surface area contributed by atoms with Gasteiger partial charge >= 0.3 is 0 Å². The first kappa shape index (κ1) is 18.4. The molecule has 0 aromatic carbocycles. The van der Waals surface area contributed by atoms with E-state index in [1.165, 1.54) is 0 Å². The molecule has 0 spiro atoms. The zero-order chi connectivity index (χ0) is 18.8. The van der Waals surface area contributed by atoms with E-state index in [4.69, 9.17) is 0 Å². The fourth-order valence-electron chi connectivity index (χ4n) is 2.74. The second-order valence-electron chi connectivity index (χ2n) is 6.23. The van der Waals surface area contributed by atoms with Crippen LogP contribution >= 0.6 is 15.9 Å². The van der Waals surface area contributed by atoms with Gasteiger partial charge in [0, 0.05) is 24.5 Å². The number of nitrogens with one attached hydrogen (secondary N) is 1. The fourth-order valence-corrected chi connectivity index (χ4v) is 3.00. The average Bonchev–Trinajstić information content (AvgIpc) is 3.32. The van der Waals surface area contributed by atoms with E-state index < -0.39 is 6.04 Å². The van der Waals surface area contributed by atoms with E-state index in [1.807, 2.05) is 51.0 Å². The Morgan fingerprint density at radius 3 is 2.58 bits per heavy atom. The Labute approximate surface area is 160 Å². The standard InChI is InChI=1S/C17H22BrN7O/c1-5-23-8-14(6-19-23)9-24-10-15(7-20-24)21-17(26)13(4)25-12(3)16(18)11(2)22-25/h6-8,10,13H,5,9H2,1-4H3,(H,21,26). The highest BCUT2D eigenvalue weighted by Gasteiger charge is 2.20. The second-order valence-corrected chi connectivity index (χ2v) is 7.02. The van der Waals surface area contributed by atoms with E-state index in [9.17, 15) is 4.79 Å². The summed E-state index contributed by atoms with van der Waals surface area (Å²) in [6.07, 6.45) is 7.27. The van der Waals surface area contributed by atoms with Gasteiger partial charge in [-0.2, -0.15) is 15.3 Å². The smallest absolute Gasteiger partial charge is 0.249 e. The van der Waals surface area contributed by atoms with Gasteiger partial charge in [-0.3, -0.25) is 18.8 Å². The first-order valence-corrected chi connectivity index (χ1v) is 9.24. The Bertz CT molecular complexity index is 924. The largest absolute Gasteiger partial charge is 0.322 e. The van der Waals surface area contributed by atoms with E-state index >= 15 is 0 Å². The maximum absolute atomic E-state index is 12.6. The molecule has 0 aliphatic heterocycles. The van der Waals surface area contributed by atoms with Crippen molar-refractivity contribution in [3.63, 3.8) is 0 Å². The van der Waals surface area contributed by atoms with Crippen LogP contribution in [0.3, 0.4) is 0 Å². The molecule has 138 valence electrons. The van der Waals surface area contributed by atoms with Gasteiger partial charge in [-0.1, -0.05) is 0 Å². The lowest BCUT2D eigenvalue weighted by atomic mass is 10.3. The summed E-state index contributed by atoms with van der Waals surface area (Å²) in [5.41, 5.74) is 3.51. The minimum Gasteiger partial charge on any atom is -0.322 e. The molecule has 9 heteroatoms. The first-order chi connectivity index (χ1) is 12.4. The summed E-state index contributed by atoms with van der Waals surface area (Å²) in [4.78, 5) is 12.6. The van der Waals surface area contributed by atoms with Crippen LogP contribution in [0.15, 0.2) is 29.3 Å². The van der Waals surface area contributed by atoms with Crippen LogP contribution < -0.4 is 5.32 Å². The summed E-state index contributed by atoms with van der Waals surface area (Å²) in [5, 5.41) is 15.9. The van der Waals surface area contributed by atoms with Crippen molar-refractivity contribution in [1.29, 1.82) is 0 Å². The lowest BCUT2D eigenvalue weighted by Gasteiger charge is -2.13. The Balaban J connectivity index is 1.66. The fraction of sp³-hybridized carbons (Fsp3) is 0.412. The number of hydrogen-bond donors (Lipinski definition) is 1. The highest BCUT2D eigenvalue weighted by molar-refractivity contribution is 9.10. The molecule has 0 bridgehead atoms. The normalized spacial score (nSPS) is 12.3. The number of amides is 1. The van der Waals surface area contributed by atoms with Gasteiger partial charge < -0.3 is 5.32 Å². The molecule has 1 atom stereocenters. The van der Waals surface area contributed by atoms with Crippen LogP contribution in [0.5, 0.6) is 0 Å². The van der Waals surface area contributed by atoms with Crippen molar-refractivity contribution in [3.8, 4) is 0 Å². The molecular formula is C17H22BrN7O. The first-order valence-electron chi connectivity index (χ1n) is 8.45. The highest BCUT2D eigenvalue weighted by atomic mass is 79.9. The molecule has 3 aromatic heterocycles. The lowest BCUT2D eigenvalue weighted by Crippen LogP contribution is -2.25. The third-order valence-corrected chi connectivity index (χ3v) is 5.39. The lowest BCUT2D eigenvalue weighted by molar-refractivity contribution is -0.119. The van der Waals surface area contributed by atoms with Crippen LogP contribution in [0.4, 0.5) is 5.69 Å². The molecule has 0 saturated carbocycles. The number of anilines is 1. The molecule has 3 aromatic rings. The van der Waals surface area contributed by atoms with Gasteiger partial charge in [-0.25, -0.2) is 0 Å². The summed E-state index contributed by atoms with van der Waals surface area (Å²) in [6, 6.07) is -0.425. The van der Waals surface area contributed by atoms with Gasteiger partial charge in [-0.15, -0.1) is 0 Å². The number of hydrogen-bond acceptors (Lipinski definition) is 4. The molecule has 0 saturated heterocycles. The highest BCUT2D eigenvalue weighted by Crippen LogP contribution is 2.23. The van der Waals surface area contributed by atoms with E-state index in [1.54, 1.807) is 15.6 Å². The van der Waals surface area contributed by atoms with Crippen LogP contribution in [0.1, 0.15) is 36.8 Å². The zero-order valence-corrected chi connectivity index (χ0v) is 16.9. The summed E-state index contributed by atoms with van der Waals surface area (Å²) < 4.78 is 6.29. The van der Waals surface area contributed by atoms with E-state index in [2.05, 4.69) is 36.5 Å². The number of nitrogens with zero attached hydrogens (tertiary/aromatic N) is 6. The third kappa shape index (κ3) is 3.72. The van der Waals surface area contributed by atoms with Crippen molar-refractivity contribution in [1.82, 2.24) is 29.3 Å². The van der Waals surface area contributed by atoms with Crippen molar-refractivity contribution in [3.05, 3.63) is 46.2 Å². The number of carbonyl (C=O) groups is 1. The molecule has 0 aliphatic carbocycles. The van der Waals surface area contributed by atoms with Crippen LogP contribution in [0.2, 0.25) is 0 Å². The van der Waals surface area contributed by atoms with Gasteiger partial charge in [0.15, 0.2) is 0 Å². The number of halogens is 1. The maximum Gasteiger partial charge on any atom is 0.249 e. The van der Waals surface area contributed by atoms with Crippen LogP contribution in [0, 0.1) is 13.8 Å². The van der Waals surface area contributed by atoms with Gasteiger partial charge in [0.05, 0.1) is 40.5 Å². The van der Waals surface area contributed by atoms with Crippen LogP contribution in [-0.2, 0) is 17.9 Å². The minimum absolute atomic E-state index is 0.138. The summed E-state index contributed by atoms with van der Waals surface area (Å²) in [7, 11) is 0. The molecule has 3 heterocycles. The van der Waals surface area contributed by atoms with Crippen LogP contribution in [-0.4, -0.2) is 35.2 Å². The third-order valence-electron chi connectivity index (χ3n) is 4.24. The molecule has 1 unspecified atom stereocenters. The number of rotatable bonds is 6. The van der Waals surface area contributed by atoms with Crippen molar-refractivity contribution in [2.24, 2.45) is 0 Å². The number of aromatic nitrogens is 6. The number of aryl methyl sites for hydroxylation is 2. The molecule has 0 aliphatic rings. The summed E-state index contributed by atoms with van der Waals surface area (Å²) in [6.45, 7) is 9.15. The van der Waals surface area contributed by atoms with Crippen molar-refractivity contribution in [2.75, 3.05) is 5.32 Å². The zero-order valence-electron chi connectivity index (χ0n) is 15.3. The Morgan fingerprint density at radius 1 is 1.23 bits per heavy atom. The van der Waals surface area contributed by atoms with E-state index in [-0.39, 0.29) is 5.91 Å². The van der Waals surface area contributed by atoms with Gasteiger partial charge in [0.2, 0.25) is 5.91 Å². The molecule has 8 nitrogen and oxygen atoms in total. The van der Waals surface area contributed by atoms with Crippen molar-refractivity contribution < 1.29 is 4.79 Å². The molecule has 3 rings (SSSR count). The van der Waals surface area contributed by atoms with Crippen molar-refractivity contribution in [2.45, 2.75) is 46.8 Å². The van der Waals surface area contributed by atoms with Gasteiger partial charge in [0.1, 0.15) is 6.04 Å². The van der Waals surface area contributed by atoms with E-state index in [0.717, 1.165) is 28.0 Å². The topological polar surface area (TPSA) is 82.6 Å². The summed E-state index contributed by atoms with van der Waals surface area (Å²) in [5.74, 6) is -0.138. The Morgan fingerprint density at radius 2 is 1.96 bits per heavy atom. The molecule has 0 radical (unpaired) electrons. The predicted octanol–water partition coefficient (Wildman–Crippen LogP) is 2.92. The maximum atomic E-state index is 12.6. The van der Waals surface area contributed by atoms with Crippen LogP contribution in [0.25, 0.3) is 0 Å². The van der Waals surface area contributed by atoms with Crippen molar-refractivity contribution >= 4 is 27.5 Å². The predicted molar refractivity (Wildman–Crippen MR) is 102 cm³/mol. The second kappa shape index (κ2) is 7.45. The SMILES string of the molecule is CCn1cc(Cn2cc(NC(=O)C(C)n3nc(C)c(Br)c3C)cn2)cn1.